The molecule has 0 aliphatic carbocycles. The Kier molecular flexibility index (Phi) is 4.30. The fourth-order valence-corrected chi connectivity index (χ4v) is 3.18. The molecule has 23 heavy (non-hydrogen) atoms. The van der Waals surface area contributed by atoms with Gasteiger partial charge in [0, 0.05) is 14.1 Å². The average molecular weight is 324 g/mol. The fourth-order valence-electron chi connectivity index (χ4n) is 2.35. The van der Waals surface area contributed by atoms with Gasteiger partial charge in [0.15, 0.2) is 0 Å². The second-order valence-electron chi connectivity index (χ2n) is 5.53. The van der Waals surface area contributed by atoms with Crippen LogP contribution in [0.2, 0.25) is 0 Å². The van der Waals surface area contributed by atoms with Crippen LogP contribution in [0.15, 0.2) is 58.5 Å². The van der Waals surface area contributed by atoms with Gasteiger partial charge in [0.05, 0.1) is 11.4 Å². The number of para-hydroxylation sites is 2. The molecule has 0 radical (unpaired) electrons. The minimum absolute atomic E-state index is 0.886. The maximum Gasteiger partial charge on any atom is 0.221 e. The molecule has 0 aliphatic heterocycles. The predicted octanol–water partition coefficient (Wildman–Crippen LogP) is 3.51. The monoisotopic (exact) mass is 324 g/mol. The number of aryl methyl sites for hydroxylation is 3. The topological polar surface area (TPSA) is 34.6 Å². The summed E-state index contributed by atoms with van der Waals surface area (Å²) >= 11 is 1.59. The first kappa shape index (κ1) is 15.5. The van der Waals surface area contributed by atoms with E-state index in [9.17, 15) is 0 Å². The minimum Gasteiger partial charge on any atom is -0.289 e. The summed E-state index contributed by atoms with van der Waals surface area (Å²) in [5.41, 5.74) is 5.19. The Morgan fingerprint density at radius 1 is 0.783 bits per heavy atom. The predicted molar refractivity (Wildman–Crippen MR) is 95.1 cm³/mol. The van der Waals surface area contributed by atoms with E-state index in [4.69, 9.17) is 9.98 Å². The fraction of sp³-hybridized carbons (Fsp3) is 0.222. The Bertz CT molecular complexity index is 973. The van der Waals surface area contributed by atoms with Gasteiger partial charge >= 0.3 is 0 Å². The zero-order valence-electron chi connectivity index (χ0n) is 13.8. The van der Waals surface area contributed by atoms with Crippen molar-refractivity contribution in [1.29, 1.82) is 0 Å². The third-order valence-electron chi connectivity index (χ3n) is 3.75. The molecule has 118 valence electrons. The molecule has 1 aromatic heterocycles. The largest absolute Gasteiger partial charge is 0.289 e. The van der Waals surface area contributed by atoms with Gasteiger partial charge in [0.25, 0.3) is 0 Å². The summed E-state index contributed by atoms with van der Waals surface area (Å²) in [4.78, 5) is 10.5. The molecule has 5 heteroatoms. The molecular weight excluding hydrogens is 304 g/mol. The molecule has 2 aromatic carbocycles. The first-order valence-corrected chi connectivity index (χ1v) is 8.27. The first-order valence-electron chi connectivity index (χ1n) is 7.50. The Hall–Kier alpha value is -2.40. The van der Waals surface area contributed by atoms with E-state index in [1.165, 1.54) is 5.56 Å². The van der Waals surface area contributed by atoms with Crippen molar-refractivity contribution in [2.45, 2.75) is 13.8 Å². The standard InChI is InChI=1S/C18H20N4S/c1-13-9-5-7-11-15(13)19-17-21(3)18(23-22(17)4)20-16-12-8-6-10-14(16)2/h5-12H,1-4H3. The van der Waals surface area contributed by atoms with Crippen LogP contribution in [-0.4, -0.2) is 8.52 Å². The van der Waals surface area contributed by atoms with Gasteiger partial charge in [-0.1, -0.05) is 36.4 Å². The van der Waals surface area contributed by atoms with Crippen molar-refractivity contribution < 1.29 is 0 Å². The molecule has 0 aliphatic rings. The van der Waals surface area contributed by atoms with Gasteiger partial charge in [0.2, 0.25) is 10.4 Å². The molecule has 0 amide bonds. The van der Waals surface area contributed by atoms with E-state index >= 15 is 0 Å². The SMILES string of the molecule is Cc1ccccc1N=c1sn(C)c(=Nc2ccccc2C)n1C. The molecular formula is C18H20N4S. The molecule has 0 saturated carbocycles. The Labute approximate surface area is 139 Å². The Morgan fingerprint density at radius 2 is 1.30 bits per heavy atom. The lowest BCUT2D eigenvalue weighted by atomic mass is 10.2. The van der Waals surface area contributed by atoms with Gasteiger partial charge in [-0.3, -0.25) is 8.52 Å². The van der Waals surface area contributed by atoms with Crippen LogP contribution in [-0.2, 0) is 14.1 Å². The van der Waals surface area contributed by atoms with Crippen molar-refractivity contribution in [3.8, 4) is 0 Å². The van der Waals surface area contributed by atoms with E-state index in [2.05, 4.69) is 26.0 Å². The number of nitrogens with zero attached hydrogens (tertiary/aromatic N) is 4. The van der Waals surface area contributed by atoms with Crippen LogP contribution in [0, 0.1) is 13.8 Å². The van der Waals surface area contributed by atoms with Crippen LogP contribution in [0.25, 0.3) is 0 Å². The van der Waals surface area contributed by atoms with E-state index in [0.29, 0.717) is 0 Å². The summed E-state index contributed by atoms with van der Waals surface area (Å²) in [5, 5.41) is 0. The summed E-state index contributed by atoms with van der Waals surface area (Å²) in [6.45, 7) is 4.15. The number of rotatable bonds is 2. The molecule has 0 saturated heterocycles. The third kappa shape index (κ3) is 3.19. The molecule has 4 nitrogen and oxygen atoms in total. The van der Waals surface area contributed by atoms with Crippen molar-refractivity contribution in [2.24, 2.45) is 24.1 Å². The van der Waals surface area contributed by atoms with Crippen LogP contribution in [0.1, 0.15) is 11.1 Å². The van der Waals surface area contributed by atoms with Gasteiger partial charge < -0.3 is 0 Å². The second-order valence-corrected chi connectivity index (χ2v) is 6.62. The molecule has 1 heterocycles. The zero-order valence-corrected chi connectivity index (χ0v) is 14.6. The molecule has 0 unspecified atom stereocenters. The van der Waals surface area contributed by atoms with Gasteiger partial charge in [-0.25, -0.2) is 9.98 Å². The lowest BCUT2D eigenvalue weighted by Crippen LogP contribution is -2.26. The highest BCUT2D eigenvalue weighted by Crippen LogP contribution is 2.17. The lowest BCUT2D eigenvalue weighted by Gasteiger charge is -1.99. The maximum atomic E-state index is 4.80. The highest BCUT2D eigenvalue weighted by atomic mass is 32.1. The summed E-state index contributed by atoms with van der Waals surface area (Å²) in [7, 11) is 4.02. The first-order chi connectivity index (χ1) is 11.1. The molecule has 3 rings (SSSR count). The van der Waals surface area contributed by atoms with Crippen molar-refractivity contribution in [1.82, 2.24) is 8.52 Å². The lowest BCUT2D eigenvalue weighted by molar-refractivity contribution is 0.737. The van der Waals surface area contributed by atoms with E-state index in [-0.39, 0.29) is 0 Å². The molecule has 0 bridgehead atoms. The summed E-state index contributed by atoms with van der Waals surface area (Å²) < 4.78 is 4.08. The molecule has 0 atom stereocenters. The van der Waals surface area contributed by atoms with Crippen LogP contribution in [0.5, 0.6) is 0 Å². The normalized spacial score (nSPS) is 12.9. The number of hydrogen-bond donors (Lipinski definition) is 0. The number of hydrogen-bond acceptors (Lipinski definition) is 3. The second kappa shape index (κ2) is 6.38. The van der Waals surface area contributed by atoms with E-state index in [0.717, 1.165) is 27.4 Å². The Balaban J connectivity index is 2.18. The molecule has 0 spiro atoms. The summed E-state index contributed by atoms with van der Waals surface area (Å²) in [6.07, 6.45) is 0. The summed E-state index contributed by atoms with van der Waals surface area (Å²) in [5.74, 6) is 0. The number of aromatic nitrogens is 2. The van der Waals surface area contributed by atoms with Gasteiger partial charge in [-0.05, 0) is 48.6 Å². The molecule has 0 fully saturated rings. The summed E-state index contributed by atoms with van der Waals surface area (Å²) in [6, 6.07) is 16.3. The van der Waals surface area contributed by atoms with Gasteiger partial charge in [0.1, 0.15) is 0 Å². The van der Waals surface area contributed by atoms with Gasteiger partial charge in [-0.2, -0.15) is 0 Å². The van der Waals surface area contributed by atoms with Gasteiger partial charge in [-0.15, -0.1) is 0 Å². The van der Waals surface area contributed by atoms with Crippen LogP contribution in [0.3, 0.4) is 0 Å². The average Bonchev–Trinajstić information content (AvgIpc) is 2.79. The number of benzene rings is 2. The van der Waals surface area contributed by atoms with Crippen molar-refractivity contribution in [3.05, 3.63) is 70.1 Å². The van der Waals surface area contributed by atoms with E-state index < -0.39 is 0 Å². The highest BCUT2D eigenvalue weighted by molar-refractivity contribution is 7.03. The highest BCUT2D eigenvalue weighted by Gasteiger charge is 2.03. The minimum atomic E-state index is 0.886. The molecule has 0 N–H and O–H groups in total. The quantitative estimate of drug-likeness (QED) is 0.691. The smallest absolute Gasteiger partial charge is 0.221 e. The van der Waals surface area contributed by atoms with Crippen molar-refractivity contribution in [3.63, 3.8) is 0 Å². The molecule has 3 aromatic rings. The van der Waals surface area contributed by atoms with Crippen LogP contribution < -0.4 is 10.4 Å². The van der Waals surface area contributed by atoms with E-state index in [1.807, 2.05) is 59.0 Å². The van der Waals surface area contributed by atoms with Crippen LogP contribution in [0.4, 0.5) is 11.4 Å². The van der Waals surface area contributed by atoms with Crippen molar-refractivity contribution in [2.75, 3.05) is 0 Å². The van der Waals surface area contributed by atoms with Crippen LogP contribution >= 0.6 is 11.5 Å². The van der Waals surface area contributed by atoms with E-state index in [1.54, 1.807) is 11.5 Å². The maximum absolute atomic E-state index is 4.80. The van der Waals surface area contributed by atoms with Crippen molar-refractivity contribution >= 4 is 22.9 Å². The zero-order chi connectivity index (χ0) is 16.4. The Morgan fingerprint density at radius 3 is 1.87 bits per heavy atom. The third-order valence-corrected chi connectivity index (χ3v) is 4.72.